The number of hydrogen-bond donors (Lipinski definition) is 3. The Morgan fingerprint density at radius 3 is 2.95 bits per heavy atom. The van der Waals surface area contributed by atoms with Gasteiger partial charge in [-0.15, -0.1) is 0 Å². The normalized spacial score (nSPS) is 22.0. The van der Waals surface area contributed by atoms with Crippen LogP contribution in [0.1, 0.15) is 16.8 Å². The highest BCUT2D eigenvalue weighted by Crippen LogP contribution is 2.32. The molecule has 2 aliphatic heterocycles. The number of carbonyl (C=O) groups is 2. The van der Waals surface area contributed by atoms with Crippen molar-refractivity contribution in [3.05, 3.63) is 23.8 Å². The van der Waals surface area contributed by atoms with E-state index < -0.39 is 5.97 Å². The number of carboxylic acids is 1. The average Bonchev–Trinajstić information content (AvgIpc) is 2.90. The van der Waals surface area contributed by atoms with Crippen molar-refractivity contribution in [3.8, 4) is 0 Å². The average molecular weight is 261 g/mol. The lowest BCUT2D eigenvalue weighted by atomic mass is 10.1. The zero-order valence-corrected chi connectivity index (χ0v) is 10.3. The molecule has 2 aliphatic rings. The molecular formula is C13H15N3O3. The van der Waals surface area contributed by atoms with E-state index in [9.17, 15) is 9.59 Å². The van der Waals surface area contributed by atoms with Crippen LogP contribution in [0.2, 0.25) is 0 Å². The third-order valence-electron chi connectivity index (χ3n) is 3.62. The van der Waals surface area contributed by atoms with Crippen LogP contribution >= 0.6 is 0 Å². The van der Waals surface area contributed by atoms with Crippen molar-refractivity contribution in [3.63, 3.8) is 0 Å². The van der Waals surface area contributed by atoms with E-state index in [1.165, 1.54) is 6.07 Å². The fraction of sp³-hybridized carbons (Fsp3) is 0.385. The van der Waals surface area contributed by atoms with Crippen molar-refractivity contribution in [1.29, 1.82) is 0 Å². The lowest BCUT2D eigenvalue weighted by Gasteiger charge is -2.35. The van der Waals surface area contributed by atoms with Crippen molar-refractivity contribution in [2.45, 2.75) is 12.5 Å². The molecule has 1 aromatic carbocycles. The second kappa shape index (κ2) is 4.55. The minimum Gasteiger partial charge on any atom is -0.478 e. The molecule has 1 fully saturated rings. The first-order valence-corrected chi connectivity index (χ1v) is 6.30. The first kappa shape index (κ1) is 12.0. The van der Waals surface area contributed by atoms with E-state index >= 15 is 0 Å². The van der Waals surface area contributed by atoms with Crippen LogP contribution in [0.5, 0.6) is 0 Å². The standard InChI is InChI=1S/C13H15N3O3/c17-12-7-16(9-3-4-14-6-9)11-2-1-8(13(18)19)5-10(11)15-12/h1-2,5,9,14H,3-4,6-7H2,(H,15,17)(H,18,19). The number of amides is 1. The van der Waals surface area contributed by atoms with Crippen molar-refractivity contribution in [2.75, 3.05) is 29.9 Å². The molecule has 0 bridgehead atoms. The third-order valence-corrected chi connectivity index (χ3v) is 3.62. The van der Waals surface area contributed by atoms with Gasteiger partial charge < -0.3 is 20.6 Å². The fourth-order valence-corrected chi connectivity index (χ4v) is 2.68. The smallest absolute Gasteiger partial charge is 0.335 e. The van der Waals surface area contributed by atoms with Crippen LogP contribution in [0.25, 0.3) is 0 Å². The number of hydrogen-bond acceptors (Lipinski definition) is 4. The first-order chi connectivity index (χ1) is 9.15. The van der Waals surface area contributed by atoms with Gasteiger partial charge in [-0.2, -0.15) is 0 Å². The molecule has 0 spiro atoms. The number of fused-ring (bicyclic) bond motifs is 1. The molecular weight excluding hydrogens is 246 g/mol. The monoisotopic (exact) mass is 261 g/mol. The zero-order chi connectivity index (χ0) is 13.4. The van der Waals surface area contributed by atoms with Crippen molar-refractivity contribution < 1.29 is 14.7 Å². The largest absolute Gasteiger partial charge is 0.478 e. The Hall–Kier alpha value is -2.08. The molecule has 1 atom stereocenters. The van der Waals surface area contributed by atoms with Gasteiger partial charge in [-0.05, 0) is 31.2 Å². The summed E-state index contributed by atoms with van der Waals surface area (Å²) >= 11 is 0. The number of nitrogens with one attached hydrogen (secondary N) is 2. The molecule has 1 unspecified atom stereocenters. The number of carbonyl (C=O) groups excluding carboxylic acids is 1. The van der Waals surface area contributed by atoms with Gasteiger partial charge in [0.05, 0.1) is 23.5 Å². The van der Waals surface area contributed by atoms with Crippen LogP contribution < -0.4 is 15.5 Å². The summed E-state index contributed by atoms with van der Waals surface area (Å²) in [4.78, 5) is 24.8. The molecule has 19 heavy (non-hydrogen) atoms. The van der Waals surface area contributed by atoms with E-state index in [-0.39, 0.29) is 11.5 Å². The van der Waals surface area contributed by atoms with Crippen molar-refractivity contribution in [1.82, 2.24) is 5.32 Å². The SMILES string of the molecule is O=C1CN(C2CCNC2)c2ccc(C(=O)O)cc2N1. The lowest BCUT2D eigenvalue weighted by Crippen LogP contribution is -2.45. The van der Waals surface area contributed by atoms with Gasteiger partial charge in [-0.25, -0.2) is 4.79 Å². The molecule has 6 nitrogen and oxygen atoms in total. The summed E-state index contributed by atoms with van der Waals surface area (Å²) in [5.74, 6) is -1.08. The van der Waals surface area contributed by atoms with Crippen molar-refractivity contribution in [2.24, 2.45) is 0 Å². The summed E-state index contributed by atoms with van der Waals surface area (Å²) in [6.07, 6.45) is 0.993. The van der Waals surface area contributed by atoms with Crippen LogP contribution in [0.15, 0.2) is 18.2 Å². The second-order valence-corrected chi connectivity index (χ2v) is 4.86. The predicted octanol–water partition coefficient (Wildman–Crippen LogP) is 0.505. The van der Waals surface area contributed by atoms with Crippen LogP contribution in [0, 0.1) is 0 Å². The molecule has 6 heteroatoms. The van der Waals surface area contributed by atoms with Gasteiger partial charge >= 0.3 is 5.97 Å². The van der Waals surface area contributed by atoms with E-state index in [1.54, 1.807) is 12.1 Å². The van der Waals surface area contributed by atoms with E-state index in [0.29, 0.717) is 18.3 Å². The molecule has 3 rings (SSSR count). The highest BCUT2D eigenvalue weighted by atomic mass is 16.4. The minimum absolute atomic E-state index is 0.0954. The third kappa shape index (κ3) is 2.15. The van der Waals surface area contributed by atoms with Crippen LogP contribution in [0.4, 0.5) is 11.4 Å². The minimum atomic E-state index is -0.989. The molecule has 1 amide bonds. The molecule has 3 N–H and O–H groups in total. The summed E-state index contributed by atoms with van der Waals surface area (Å²) < 4.78 is 0. The Morgan fingerprint density at radius 2 is 2.26 bits per heavy atom. The van der Waals surface area contributed by atoms with Gasteiger partial charge in [0.15, 0.2) is 0 Å². The van der Waals surface area contributed by atoms with E-state index in [4.69, 9.17) is 5.11 Å². The number of rotatable bonds is 2. The van der Waals surface area contributed by atoms with Gasteiger partial charge in [0, 0.05) is 12.6 Å². The quantitative estimate of drug-likeness (QED) is 0.722. The first-order valence-electron chi connectivity index (χ1n) is 6.30. The van der Waals surface area contributed by atoms with Gasteiger partial charge in [0.25, 0.3) is 0 Å². The Bertz CT molecular complexity index is 538. The zero-order valence-electron chi connectivity index (χ0n) is 10.3. The van der Waals surface area contributed by atoms with E-state index in [2.05, 4.69) is 15.5 Å². The summed E-state index contributed by atoms with van der Waals surface area (Å²) in [5.41, 5.74) is 1.67. The van der Waals surface area contributed by atoms with Gasteiger partial charge in [-0.1, -0.05) is 0 Å². The maximum Gasteiger partial charge on any atom is 0.335 e. The lowest BCUT2D eigenvalue weighted by molar-refractivity contribution is -0.115. The summed E-state index contributed by atoms with van der Waals surface area (Å²) in [7, 11) is 0. The topological polar surface area (TPSA) is 81.7 Å². The summed E-state index contributed by atoms with van der Waals surface area (Å²) in [6.45, 7) is 2.13. The molecule has 1 aromatic rings. The molecule has 100 valence electrons. The maximum absolute atomic E-state index is 11.8. The van der Waals surface area contributed by atoms with Gasteiger partial charge in [-0.3, -0.25) is 4.79 Å². The fourth-order valence-electron chi connectivity index (χ4n) is 2.68. The number of carboxylic acid groups (broad SMARTS) is 1. The maximum atomic E-state index is 11.8. The Balaban J connectivity index is 1.98. The highest BCUT2D eigenvalue weighted by molar-refractivity contribution is 6.03. The highest BCUT2D eigenvalue weighted by Gasteiger charge is 2.30. The summed E-state index contributed by atoms with van der Waals surface area (Å²) in [5, 5.41) is 15.0. The van der Waals surface area contributed by atoms with E-state index in [1.807, 2.05) is 0 Å². The predicted molar refractivity (Wildman–Crippen MR) is 70.7 cm³/mol. The van der Waals surface area contributed by atoms with Crippen molar-refractivity contribution >= 4 is 23.3 Å². The Labute approximate surface area is 110 Å². The van der Waals surface area contributed by atoms with Crippen LogP contribution in [-0.2, 0) is 4.79 Å². The molecule has 0 radical (unpaired) electrons. The number of nitrogens with zero attached hydrogens (tertiary/aromatic N) is 1. The van der Waals surface area contributed by atoms with Crippen LogP contribution in [-0.4, -0.2) is 42.7 Å². The Morgan fingerprint density at radius 1 is 1.42 bits per heavy atom. The summed E-state index contributed by atoms with van der Waals surface area (Å²) in [6, 6.07) is 5.16. The van der Waals surface area contributed by atoms with Crippen LogP contribution in [0.3, 0.4) is 0 Å². The molecule has 1 saturated heterocycles. The number of benzene rings is 1. The number of aromatic carboxylic acids is 1. The second-order valence-electron chi connectivity index (χ2n) is 4.86. The van der Waals surface area contributed by atoms with Gasteiger partial charge in [0.2, 0.25) is 5.91 Å². The number of anilines is 2. The van der Waals surface area contributed by atoms with E-state index in [0.717, 1.165) is 25.2 Å². The molecule has 2 heterocycles. The molecule has 0 saturated carbocycles. The molecule has 0 aromatic heterocycles. The Kier molecular flexibility index (Phi) is 2.87. The van der Waals surface area contributed by atoms with Gasteiger partial charge in [0.1, 0.15) is 0 Å². The molecule has 0 aliphatic carbocycles.